The van der Waals surface area contributed by atoms with Gasteiger partial charge in [-0.05, 0) is 29.3 Å². The van der Waals surface area contributed by atoms with Gasteiger partial charge in [0.2, 0.25) is 5.91 Å². The third-order valence-corrected chi connectivity index (χ3v) is 4.00. The SMILES string of the molecule is O=C(C=Cc1ccccc1Br)Nc1ccn(Cc2cccnc2)n1. The predicted octanol–water partition coefficient (Wildman–Crippen LogP) is 3.74. The summed E-state index contributed by atoms with van der Waals surface area (Å²) < 4.78 is 2.69. The number of halogens is 1. The van der Waals surface area contributed by atoms with Gasteiger partial charge in [-0.2, -0.15) is 5.10 Å². The molecule has 2 aromatic heterocycles. The zero-order chi connectivity index (χ0) is 16.8. The molecule has 24 heavy (non-hydrogen) atoms. The molecule has 2 heterocycles. The average Bonchev–Trinajstić information content (AvgIpc) is 3.02. The molecule has 0 spiro atoms. The van der Waals surface area contributed by atoms with Crippen molar-refractivity contribution in [2.45, 2.75) is 6.54 Å². The first-order valence-corrected chi connectivity index (χ1v) is 8.16. The standard InChI is InChI=1S/C18H15BrN4O/c19-16-6-2-1-5-15(16)7-8-18(24)21-17-9-11-23(22-17)13-14-4-3-10-20-12-14/h1-12H,13H2,(H,21,22,24). The highest BCUT2D eigenvalue weighted by atomic mass is 79.9. The molecule has 0 aliphatic carbocycles. The van der Waals surface area contributed by atoms with Gasteiger partial charge in [-0.15, -0.1) is 0 Å². The molecule has 1 amide bonds. The second kappa shape index (κ2) is 7.70. The van der Waals surface area contributed by atoms with Crippen LogP contribution in [0.2, 0.25) is 0 Å². The molecule has 1 aromatic carbocycles. The summed E-state index contributed by atoms with van der Waals surface area (Å²) in [5, 5.41) is 7.08. The Hall–Kier alpha value is -2.73. The summed E-state index contributed by atoms with van der Waals surface area (Å²) in [5.74, 6) is 0.290. The number of aromatic nitrogens is 3. The fraction of sp³-hybridized carbons (Fsp3) is 0.0556. The van der Waals surface area contributed by atoms with E-state index >= 15 is 0 Å². The molecule has 1 N–H and O–H groups in total. The Labute approximate surface area is 148 Å². The predicted molar refractivity (Wildman–Crippen MR) is 97.4 cm³/mol. The molecule has 0 atom stereocenters. The maximum absolute atomic E-state index is 12.0. The van der Waals surface area contributed by atoms with Gasteiger partial charge in [0.25, 0.3) is 0 Å². The largest absolute Gasteiger partial charge is 0.306 e. The molecule has 0 radical (unpaired) electrons. The number of hydrogen-bond acceptors (Lipinski definition) is 3. The smallest absolute Gasteiger partial charge is 0.249 e. The van der Waals surface area contributed by atoms with Crippen molar-refractivity contribution in [1.82, 2.24) is 14.8 Å². The first kappa shape index (κ1) is 16.1. The number of hydrogen-bond donors (Lipinski definition) is 1. The van der Waals surface area contributed by atoms with Crippen LogP contribution in [-0.4, -0.2) is 20.7 Å². The minimum absolute atomic E-state index is 0.225. The molecule has 0 bridgehead atoms. The van der Waals surface area contributed by atoms with E-state index in [0.29, 0.717) is 12.4 Å². The van der Waals surface area contributed by atoms with Crippen LogP contribution >= 0.6 is 15.9 Å². The van der Waals surface area contributed by atoms with Gasteiger partial charge in [0.15, 0.2) is 5.82 Å². The van der Waals surface area contributed by atoms with Crippen LogP contribution in [0.4, 0.5) is 5.82 Å². The first-order valence-electron chi connectivity index (χ1n) is 7.37. The summed E-state index contributed by atoms with van der Waals surface area (Å²) in [7, 11) is 0. The van der Waals surface area contributed by atoms with Crippen LogP contribution in [-0.2, 0) is 11.3 Å². The number of carbonyl (C=O) groups excluding carboxylic acids is 1. The van der Waals surface area contributed by atoms with Gasteiger partial charge in [0.1, 0.15) is 0 Å². The lowest BCUT2D eigenvalue weighted by Gasteiger charge is -2.01. The highest BCUT2D eigenvalue weighted by molar-refractivity contribution is 9.10. The van der Waals surface area contributed by atoms with Crippen molar-refractivity contribution in [2.24, 2.45) is 0 Å². The van der Waals surface area contributed by atoms with Gasteiger partial charge < -0.3 is 5.32 Å². The van der Waals surface area contributed by atoms with Crippen LogP contribution in [0, 0.1) is 0 Å². The molecule has 5 nitrogen and oxygen atoms in total. The summed E-state index contributed by atoms with van der Waals surface area (Å²) in [6, 6.07) is 13.3. The normalized spacial score (nSPS) is 10.9. The van der Waals surface area contributed by atoms with Gasteiger partial charge in [-0.3, -0.25) is 14.5 Å². The third-order valence-electron chi connectivity index (χ3n) is 3.28. The topological polar surface area (TPSA) is 59.8 Å². The molecule has 3 rings (SSSR count). The molecular formula is C18H15BrN4O. The zero-order valence-corrected chi connectivity index (χ0v) is 14.3. The van der Waals surface area contributed by atoms with E-state index in [2.05, 4.69) is 31.3 Å². The van der Waals surface area contributed by atoms with Crippen LogP contribution < -0.4 is 5.32 Å². The highest BCUT2D eigenvalue weighted by Gasteiger charge is 2.03. The monoisotopic (exact) mass is 382 g/mol. The quantitative estimate of drug-likeness (QED) is 0.683. The van der Waals surface area contributed by atoms with Crippen molar-refractivity contribution >= 4 is 33.7 Å². The van der Waals surface area contributed by atoms with E-state index in [1.165, 1.54) is 6.08 Å². The lowest BCUT2D eigenvalue weighted by molar-refractivity contribution is -0.111. The molecule has 0 aliphatic rings. The lowest BCUT2D eigenvalue weighted by atomic mass is 10.2. The van der Waals surface area contributed by atoms with Crippen molar-refractivity contribution in [2.75, 3.05) is 5.32 Å². The minimum Gasteiger partial charge on any atom is -0.306 e. The Morgan fingerprint density at radius 1 is 1.21 bits per heavy atom. The number of benzene rings is 1. The summed E-state index contributed by atoms with van der Waals surface area (Å²) >= 11 is 3.44. The van der Waals surface area contributed by atoms with Crippen LogP contribution in [0.5, 0.6) is 0 Å². The van der Waals surface area contributed by atoms with Crippen LogP contribution in [0.1, 0.15) is 11.1 Å². The molecule has 3 aromatic rings. The molecule has 6 heteroatoms. The number of nitrogens with zero attached hydrogens (tertiary/aromatic N) is 3. The molecule has 0 fully saturated rings. The summed E-state index contributed by atoms with van der Waals surface area (Å²) in [6.45, 7) is 0.608. The molecule has 0 aliphatic heterocycles. The van der Waals surface area contributed by atoms with Gasteiger partial charge in [-0.25, -0.2) is 0 Å². The fourth-order valence-electron chi connectivity index (χ4n) is 2.14. The zero-order valence-electron chi connectivity index (χ0n) is 12.8. The molecule has 120 valence electrons. The number of rotatable bonds is 5. The van der Waals surface area contributed by atoms with E-state index in [0.717, 1.165) is 15.6 Å². The van der Waals surface area contributed by atoms with Crippen LogP contribution in [0.15, 0.2) is 71.6 Å². The molecule has 0 saturated heterocycles. The fourth-order valence-corrected chi connectivity index (χ4v) is 2.56. The molecule has 0 saturated carbocycles. The Morgan fingerprint density at radius 2 is 2.08 bits per heavy atom. The van der Waals surface area contributed by atoms with Crippen molar-refractivity contribution in [3.05, 3.63) is 82.7 Å². The van der Waals surface area contributed by atoms with Crippen LogP contribution in [0.3, 0.4) is 0 Å². The van der Waals surface area contributed by atoms with E-state index < -0.39 is 0 Å². The number of carbonyl (C=O) groups is 1. The Kier molecular flexibility index (Phi) is 5.18. The maximum atomic E-state index is 12.0. The highest BCUT2D eigenvalue weighted by Crippen LogP contribution is 2.17. The minimum atomic E-state index is -0.225. The van der Waals surface area contributed by atoms with E-state index in [-0.39, 0.29) is 5.91 Å². The van der Waals surface area contributed by atoms with Crippen molar-refractivity contribution < 1.29 is 4.79 Å². The molecular weight excluding hydrogens is 368 g/mol. The lowest BCUT2D eigenvalue weighted by Crippen LogP contribution is -2.09. The number of amides is 1. The Balaban J connectivity index is 1.60. The van der Waals surface area contributed by atoms with E-state index in [9.17, 15) is 4.79 Å². The van der Waals surface area contributed by atoms with Gasteiger partial charge in [0, 0.05) is 35.2 Å². The number of nitrogens with one attached hydrogen (secondary N) is 1. The number of pyridine rings is 1. The molecule has 0 unspecified atom stereocenters. The maximum Gasteiger partial charge on any atom is 0.249 e. The van der Waals surface area contributed by atoms with E-state index in [1.54, 1.807) is 29.2 Å². The summed E-state index contributed by atoms with van der Waals surface area (Å²) in [4.78, 5) is 16.1. The van der Waals surface area contributed by atoms with E-state index in [1.807, 2.05) is 42.6 Å². The second-order valence-corrected chi connectivity index (χ2v) is 5.96. The first-order chi connectivity index (χ1) is 11.7. The summed E-state index contributed by atoms with van der Waals surface area (Å²) in [5.41, 5.74) is 1.99. The Morgan fingerprint density at radius 3 is 2.88 bits per heavy atom. The Bertz CT molecular complexity index is 858. The average molecular weight is 383 g/mol. The second-order valence-electron chi connectivity index (χ2n) is 5.10. The van der Waals surface area contributed by atoms with Gasteiger partial charge in [0.05, 0.1) is 6.54 Å². The third kappa shape index (κ3) is 4.39. The summed E-state index contributed by atoms with van der Waals surface area (Å²) in [6.07, 6.45) is 8.59. The van der Waals surface area contributed by atoms with E-state index in [4.69, 9.17) is 0 Å². The van der Waals surface area contributed by atoms with Crippen molar-refractivity contribution in [3.63, 3.8) is 0 Å². The van der Waals surface area contributed by atoms with Crippen molar-refractivity contribution in [1.29, 1.82) is 0 Å². The van der Waals surface area contributed by atoms with Gasteiger partial charge >= 0.3 is 0 Å². The van der Waals surface area contributed by atoms with Gasteiger partial charge in [-0.1, -0.05) is 40.2 Å². The van der Waals surface area contributed by atoms with Crippen LogP contribution in [0.25, 0.3) is 6.08 Å². The van der Waals surface area contributed by atoms with Crippen molar-refractivity contribution in [3.8, 4) is 0 Å². The number of anilines is 1.